The van der Waals surface area contributed by atoms with Gasteiger partial charge in [-0.15, -0.1) is 0 Å². The fourth-order valence-corrected chi connectivity index (χ4v) is 1.81. The summed E-state index contributed by atoms with van der Waals surface area (Å²) >= 11 is 0. The molecule has 5 heteroatoms. The van der Waals surface area contributed by atoms with Crippen LogP contribution >= 0.6 is 0 Å². The molecule has 0 bridgehead atoms. The SMILES string of the molecule is Cc1ncoc1C(=O)N1CC(C)C(N)C1. The first-order chi connectivity index (χ1) is 7.09. The molecule has 15 heavy (non-hydrogen) atoms. The summed E-state index contributed by atoms with van der Waals surface area (Å²) in [5.74, 6) is 0.568. The highest BCUT2D eigenvalue weighted by Gasteiger charge is 2.32. The molecule has 0 aromatic carbocycles. The zero-order valence-electron chi connectivity index (χ0n) is 8.93. The Balaban J connectivity index is 2.13. The van der Waals surface area contributed by atoms with Crippen LogP contribution in [0.3, 0.4) is 0 Å². The minimum Gasteiger partial charge on any atom is -0.438 e. The third kappa shape index (κ3) is 1.74. The third-order valence-corrected chi connectivity index (χ3v) is 2.90. The number of nitrogens with two attached hydrogens (primary N) is 1. The molecule has 0 saturated carbocycles. The van der Waals surface area contributed by atoms with E-state index in [1.165, 1.54) is 6.39 Å². The second-order valence-corrected chi connectivity index (χ2v) is 4.12. The molecule has 1 fully saturated rings. The Hall–Kier alpha value is -1.36. The Morgan fingerprint density at radius 1 is 1.67 bits per heavy atom. The molecule has 0 aliphatic carbocycles. The molecule has 2 N–H and O–H groups in total. The monoisotopic (exact) mass is 209 g/mol. The molecule has 1 amide bonds. The molecule has 1 aromatic heterocycles. The van der Waals surface area contributed by atoms with E-state index in [9.17, 15) is 4.79 Å². The number of aromatic nitrogens is 1. The van der Waals surface area contributed by atoms with Gasteiger partial charge in [0.2, 0.25) is 5.76 Å². The molecule has 82 valence electrons. The number of carbonyl (C=O) groups excluding carboxylic acids is 1. The van der Waals surface area contributed by atoms with E-state index in [1.807, 2.05) is 6.92 Å². The summed E-state index contributed by atoms with van der Waals surface area (Å²) < 4.78 is 5.07. The van der Waals surface area contributed by atoms with Gasteiger partial charge >= 0.3 is 0 Å². The van der Waals surface area contributed by atoms with Crippen LogP contribution < -0.4 is 5.73 Å². The van der Waals surface area contributed by atoms with Gasteiger partial charge in [-0.25, -0.2) is 4.98 Å². The highest BCUT2D eigenvalue weighted by atomic mass is 16.3. The molecule has 1 aliphatic heterocycles. The van der Waals surface area contributed by atoms with Crippen molar-refractivity contribution in [1.82, 2.24) is 9.88 Å². The van der Waals surface area contributed by atoms with E-state index in [0.29, 0.717) is 30.5 Å². The summed E-state index contributed by atoms with van der Waals surface area (Å²) in [4.78, 5) is 17.6. The lowest BCUT2D eigenvalue weighted by molar-refractivity contribution is 0.0754. The fraction of sp³-hybridized carbons (Fsp3) is 0.600. The van der Waals surface area contributed by atoms with Crippen molar-refractivity contribution in [3.63, 3.8) is 0 Å². The standard InChI is InChI=1S/C10H15N3O2/c1-6-3-13(4-8(6)11)10(14)9-7(2)12-5-15-9/h5-6,8H,3-4,11H2,1-2H3. The summed E-state index contributed by atoms with van der Waals surface area (Å²) in [5.41, 5.74) is 6.49. The van der Waals surface area contributed by atoms with Crippen molar-refractivity contribution >= 4 is 5.91 Å². The molecule has 2 atom stereocenters. The van der Waals surface area contributed by atoms with E-state index in [0.717, 1.165) is 0 Å². The summed E-state index contributed by atoms with van der Waals surface area (Å²) in [6.45, 7) is 5.10. The zero-order valence-corrected chi connectivity index (χ0v) is 8.93. The van der Waals surface area contributed by atoms with Gasteiger partial charge in [-0.3, -0.25) is 4.79 Å². The predicted molar refractivity (Wildman–Crippen MR) is 54.3 cm³/mol. The van der Waals surface area contributed by atoms with Gasteiger partial charge in [-0.1, -0.05) is 6.92 Å². The van der Waals surface area contributed by atoms with Crippen molar-refractivity contribution in [2.24, 2.45) is 11.7 Å². The number of nitrogens with zero attached hydrogens (tertiary/aromatic N) is 2. The second kappa shape index (κ2) is 3.66. The maximum absolute atomic E-state index is 12.0. The van der Waals surface area contributed by atoms with Crippen LogP contribution in [0.5, 0.6) is 0 Å². The number of amides is 1. The summed E-state index contributed by atoms with van der Waals surface area (Å²) in [6, 6.07) is 0.0668. The highest BCUT2D eigenvalue weighted by Crippen LogP contribution is 2.18. The molecule has 2 unspecified atom stereocenters. The topological polar surface area (TPSA) is 72.4 Å². The smallest absolute Gasteiger partial charge is 0.291 e. The van der Waals surface area contributed by atoms with Gasteiger partial charge in [0, 0.05) is 19.1 Å². The molecular formula is C10H15N3O2. The molecule has 1 saturated heterocycles. The van der Waals surface area contributed by atoms with Crippen molar-refractivity contribution < 1.29 is 9.21 Å². The summed E-state index contributed by atoms with van der Waals surface area (Å²) in [5, 5.41) is 0. The second-order valence-electron chi connectivity index (χ2n) is 4.12. The Bertz CT molecular complexity index is 364. The van der Waals surface area contributed by atoms with Crippen LogP contribution in [0.1, 0.15) is 23.2 Å². The van der Waals surface area contributed by atoms with Crippen molar-refractivity contribution in [2.45, 2.75) is 19.9 Å². The molecule has 1 aliphatic rings. The lowest BCUT2D eigenvalue weighted by atomic mass is 10.1. The Kier molecular flexibility index (Phi) is 2.48. The van der Waals surface area contributed by atoms with Gasteiger partial charge in [-0.05, 0) is 12.8 Å². The van der Waals surface area contributed by atoms with E-state index in [2.05, 4.69) is 4.98 Å². The van der Waals surface area contributed by atoms with E-state index in [4.69, 9.17) is 10.2 Å². The Morgan fingerprint density at radius 2 is 2.40 bits per heavy atom. The summed E-state index contributed by atoms with van der Waals surface area (Å²) in [7, 11) is 0. The Labute approximate surface area is 88.3 Å². The number of carbonyl (C=O) groups is 1. The van der Waals surface area contributed by atoms with Crippen LogP contribution in [0, 0.1) is 12.8 Å². The average Bonchev–Trinajstić information content (AvgIpc) is 2.74. The molecular weight excluding hydrogens is 194 g/mol. The minimum atomic E-state index is -0.107. The van der Waals surface area contributed by atoms with Crippen molar-refractivity contribution in [2.75, 3.05) is 13.1 Å². The number of oxazole rings is 1. The van der Waals surface area contributed by atoms with E-state index in [-0.39, 0.29) is 11.9 Å². The van der Waals surface area contributed by atoms with Crippen molar-refractivity contribution in [1.29, 1.82) is 0 Å². The highest BCUT2D eigenvalue weighted by molar-refractivity contribution is 5.92. The number of hydrogen-bond donors (Lipinski definition) is 1. The first-order valence-corrected chi connectivity index (χ1v) is 5.04. The van der Waals surface area contributed by atoms with Crippen LogP contribution in [0.25, 0.3) is 0 Å². The van der Waals surface area contributed by atoms with Gasteiger partial charge in [0.1, 0.15) is 0 Å². The molecule has 2 rings (SSSR count). The average molecular weight is 209 g/mol. The third-order valence-electron chi connectivity index (χ3n) is 2.90. The minimum absolute atomic E-state index is 0.0668. The quantitative estimate of drug-likeness (QED) is 0.726. The molecule has 0 radical (unpaired) electrons. The number of rotatable bonds is 1. The maximum atomic E-state index is 12.0. The lowest BCUT2D eigenvalue weighted by Gasteiger charge is -2.13. The Morgan fingerprint density at radius 3 is 2.87 bits per heavy atom. The molecule has 1 aromatic rings. The largest absolute Gasteiger partial charge is 0.438 e. The van der Waals surface area contributed by atoms with Crippen LogP contribution in [0.2, 0.25) is 0 Å². The fourth-order valence-electron chi connectivity index (χ4n) is 1.81. The van der Waals surface area contributed by atoms with Crippen LogP contribution in [-0.2, 0) is 0 Å². The van der Waals surface area contributed by atoms with Crippen LogP contribution in [0.4, 0.5) is 0 Å². The van der Waals surface area contributed by atoms with Gasteiger partial charge < -0.3 is 15.1 Å². The van der Waals surface area contributed by atoms with Crippen LogP contribution in [0.15, 0.2) is 10.8 Å². The van der Waals surface area contributed by atoms with E-state index >= 15 is 0 Å². The van der Waals surface area contributed by atoms with Gasteiger partial charge in [0.15, 0.2) is 6.39 Å². The van der Waals surface area contributed by atoms with E-state index in [1.54, 1.807) is 11.8 Å². The van der Waals surface area contributed by atoms with E-state index < -0.39 is 0 Å². The molecule has 2 heterocycles. The molecule has 0 spiro atoms. The van der Waals surface area contributed by atoms with Gasteiger partial charge in [-0.2, -0.15) is 0 Å². The lowest BCUT2D eigenvalue weighted by Crippen LogP contribution is -2.32. The zero-order chi connectivity index (χ0) is 11.0. The first-order valence-electron chi connectivity index (χ1n) is 5.04. The normalized spacial score (nSPS) is 25.9. The van der Waals surface area contributed by atoms with Crippen molar-refractivity contribution in [3.05, 3.63) is 17.8 Å². The maximum Gasteiger partial charge on any atom is 0.291 e. The van der Waals surface area contributed by atoms with Crippen molar-refractivity contribution in [3.8, 4) is 0 Å². The van der Waals surface area contributed by atoms with Gasteiger partial charge in [0.25, 0.3) is 5.91 Å². The molecule has 5 nitrogen and oxygen atoms in total. The van der Waals surface area contributed by atoms with Gasteiger partial charge in [0.05, 0.1) is 5.69 Å². The number of likely N-dealkylation sites (tertiary alicyclic amines) is 1. The first kappa shape index (κ1) is 10.2. The summed E-state index contributed by atoms with van der Waals surface area (Å²) in [6.07, 6.45) is 1.29. The number of aryl methyl sites for hydroxylation is 1. The van der Waals surface area contributed by atoms with Crippen LogP contribution in [-0.4, -0.2) is 34.9 Å². The number of hydrogen-bond acceptors (Lipinski definition) is 4. The predicted octanol–water partition coefficient (Wildman–Crippen LogP) is 0.402.